The van der Waals surface area contributed by atoms with Crippen molar-refractivity contribution in [3.05, 3.63) is 38.7 Å². The topological polar surface area (TPSA) is 49.3 Å². The summed E-state index contributed by atoms with van der Waals surface area (Å²) >= 11 is 4.45. The SMILES string of the molecule is CSc1ccsc1C(=O)NCC(C)(O)c1cccs1. The summed E-state index contributed by atoms with van der Waals surface area (Å²) in [6, 6.07) is 5.69. The van der Waals surface area contributed by atoms with Gasteiger partial charge in [-0.1, -0.05) is 6.07 Å². The first-order valence-electron chi connectivity index (χ1n) is 5.70. The second-order valence-corrected chi connectivity index (χ2v) is 6.96. The summed E-state index contributed by atoms with van der Waals surface area (Å²) in [5, 5.41) is 17.0. The average molecular weight is 313 g/mol. The van der Waals surface area contributed by atoms with Gasteiger partial charge in [-0.3, -0.25) is 4.79 Å². The zero-order valence-corrected chi connectivity index (χ0v) is 13.1. The van der Waals surface area contributed by atoms with Crippen molar-refractivity contribution in [1.82, 2.24) is 5.32 Å². The Morgan fingerprint density at radius 3 is 2.84 bits per heavy atom. The van der Waals surface area contributed by atoms with Crippen LogP contribution in [0.3, 0.4) is 0 Å². The fourth-order valence-electron chi connectivity index (χ4n) is 1.63. The molecule has 0 spiro atoms. The minimum atomic E-state index is -1.03. The Balaban J connectivity index is 2.01. The van der Waals surface area contributed by atoms with E-state index >= 15 is 0 Å². The van der Waals surface area contributed by atoms with Crippen LogP contribution in [-0.4, -0.2) is 23.8 Å². The molecule has 1 amide bonds. The number of carbonyl (C=O) groups excluding carboxylic acids is 1. The summed E-state index contributed by atoms with van der Waals surface area (Å²) < 4.78 is 0. The van der Waals surface area contributed by atoms with Crippen molar-refractivity contribution in [3.8, 4) is 0 Å². The van der Waals surface area contributed by atoms with Crippen molar-refractivity contribution in [3.63, 3.8) is 0 Å². The Labute approximate surface area is 124 Å². The molecule has 1 atom stereocenters. The van der Waals surface area contributed by atoms with E-state index in [1.807, 2.05) is 35.2 Å². The minimum absolute atomic E-state index is 0.129. The van der Waals surface area contributed by atoms with Crippen molar-refractivity contribution < 1.29 is 9.90 Å². The van der Waals surface area contributed by atoms with Crippen molar-refractivity contribution in [2.24, 2.45) is 0 Å². The average Bonchev–Trinajstić information content (AvgIpc) is 3.06. The monoisotopic (exact) mass is 313 g/mol. The highest BCUT2D eigenvalue weighted by Crippen LogP contribution is 2.27. The summed E-state index contributed by atoms with van der Waals surface area (Å²) in [4.78, 5) is 14.6. The van der Waals surface area contributed by atoms with Gasteiger partial charge in [0.25, 0.3) is 5.91 Å². The summed E-state index contributed by atoms with van der Waals surface area (Å²) in [7, 11) is 0. The molecule has 0 fully saturated rings. The molecule has 19 heavy (non-hydrogen) atoms. The lowest BCUT2D eigenvalue weighted by Gasteiger charge is -2.22. The Bertz CT molecular complexity index is 546. The Morgan fingerprint density at radius 2 is 2.21 bits per heavy atom. The molecule has 1 unspecified atom stereocenters. The first-order valence-corrected chi connectivity index (χ1v) is 8.69. The van der Waals surface area contributed by atoms with Crippen LogP contribution in [0.25, 0.3) is 0 Å². The van der Waals surface area contributed by atoms with Gasteiger partial charge in [0, 0.05) is 9.77 Å². The summed E-state index contributed by atoms with van der Waals surface area (Å²) in [6.07, 6.45) is 1.95. The van der Waals surface area contributed by atoms with Crippen molar-refractivity contribution in [2.45, 2.75) is 17.4 Å². The number of thiophene rings is 2. The normalized spacial score (nSPS) is 14.1. The van der Waals surface area contributed by atoms with Crippen LogP contribution in [-0.2, 0) is 5.60 Å². The smallest absolute Gasteiger partial charge is 0.262 e. The highest BCUT2D eigenvalue weighted by molar-refractivity contribution is 7.98. The molecule has 2 heterocycles. The number of hydrogen-bond acceptors (Lipinski definition) is 5. The van der Waals surface area contributed by atoms with E-state index in [4.69, 9.17) is 0 Å². The fourth-order valence-corrected chi connectivity index (χ4v) is 4.08. The van der Waals surface area contributed by atoms with Gasteiger partial charge in [-0.05, 0) is 36.1 Å². The van der Waals surface area contributed by atoms with E-state index < -0.39 is 5.60 Å². The number of aliphatic hydroxyl groups is 1. The van der Waals surface area contributed by atoms with Crippen LogP contribution >= 0.6 is 34.4 Å². The van der Waals surface area contributed by atoms with Crippen LogP contribution in [0.4, 0.5) is 0 Å². The predicted octanol–water partition coefficient (Wildman–Crippen LogP) is 3.17. The highest BCUT2D eigenvalue weighted by Gasteiger charge is 2.25. The third kappa shape index (κ3) is 3.39. The van der Waals surface area contributed by atoms with E-state index in [2.05, 4.69) is 5.32 Å². The summed E-state index contributed by atoms with van der Waals surface area (Å²) in [5.74, 6) is -0.129. The van der Waals surface area contributed by atoms with Gasteiger partial charge in [-0.25, -0.2) is 0 Å². The highest BCUT2D eigenvalue weighted by atomic mass is 32.2. The molecule has 2 N–H and O–H groups in total. The molecule has 0 aromatic carbocycles. The van der Waals surface area contributed by atoms with Crippen LogP contribution in [0.5, 0.6) is 0 Å². The first kappa shape index (κ1) is 14.6. The van der Waals surface area contributed by atoms with Crippen molar-refractivity contribution in [2.75, 3.05) is 12.8 Å². The van der Waals surface area contributed by atoms with E-state index in [9.17, 15) is 9.90 Å². The molecule has 2 rings (SSSR count). The molecule has 0 aliphatic heterocycles. The van der Waals surface area contributed by atoms with Gasteiger partial charge in [0.2, 0.25) is 0 Å². The Morgan fingerprint density at radius 1 is 1.42 bits per heavy atom. The van der Waals surface area contributed by atoms with Crippen molar-refractivity contribution in [1.29, 1.82) is 0 Å². The third-order valence-corrected chi connectivity index (χ3v) is 5.65. The Kier molecular flexibility index (Phi) is 4.67. The summed E-state index contributed by atoms with van der Waals surface area (Å²) in [5.41, 5.74) is -1.03. The quantitative estimate of drug-likeness (QED) is 0.834. The molecule has 3 nitrogen and oxygen atoms in total. The number of carbonyl (C=O) groups is 1. The maximum Gasteiger partial charge on any atom is 0.262 e. The van der Waals surface area contributed by atoms with Gasteiger partial charge in [-0.15, -0.1) is 34.4 Å². The van der Waals surface area contributed by atoms with Gasteiger partial charge in [-0.2, -0.15) is 0 Å². The Hall–Kier alpha value is -0.820. The molecular weight excluding hydrogens is 298 g/mol. The van der Waals surface area contributed by atoms with Gasteiger partial charge in [0.05, 0.1) is 6.54 Å². The molecule has 2 aromatic rings. The molecule has 6 heteroatoms. The molecule has 0 saturated carbocycles. The number of rotatable bonds is 5. The van der Waals surface area contributed by atoms with E-state index in [0.717, 1.165) is 9.77 Å². The maximum absolute atomic E-state index is 12.1. The van der Waals surface area contributed by atoms with Gasteiger partial charge in [0.1, 0.15) is 10.5 Å². The van der Waals surface area contributed by atoms with E-state index in [1.54, 1.807) is 18.7 Å². The minimum Gasteiger partial charge on any atom is -0.383 e. The second-order valence-electron chi connectivity index (χ2n) is 4.25. The molecule has 0 aliphatic rings. The molecule has 0 aliphatic carbocycles. The van der Waals surface area contributed by atoms with Gasteiger partial charge in [0.15, 0.2) is 0 Å². The van der Waals surface area contributed by atoms with E-state index in [0.29, 0.717) is 4.88 Å². The molecule has 2 aromatic heterocycles. The van der Waals surface area contributed by atoms with Gasteiger partial charge >= 0.3 is 0 Å². The standard InChI is InChI=1S/C13H15NO2S3/c1-13(16,10-4-3-6-18-10)8-14-12(15)11-9(17-2)5-7-19-11/h3-7,16H,8H2,1-2H3,(H,14,15). The van der Waals surface area contributed by atoms with Crippen LogP contribution in [0, 0.1) is 0 Å². The molecular formula is C13H15NO2S3. The lowest BCUT2D eigenvalue weighted by atomic mass is 10.1. The lowest BCUT2D eigenvalue weighted by Crippen LogP contribution is -2.37. The van der Waals surface area contributed by atoms with Crippen LogP contribution < -0.4 is 5.32 Å². The molecule has 0 radical (unpaired) electrons. The van der Waals surface area contributed by atoms with Crippen LogP contribution in [0.2, 0.25) is 0 Å². The molecule has 0 bridgehead atoms. The maximum atomic E-state index is 12.1. The third-order valence-electron chi connectivity index (χ3n) is 2.70. The first-order chi connectivity index (χ1) is 9.04. The zero-order valence-electron chi connectivity index (χ0n) is 10.7. The molecule has 102 valence electrons. The largest absolute Gasteiger partial charge is 0.383 e. The van der Waals surface area contributed by atoms with Crippen LogP contribution in [0.15, 0.2) is 33.9 Å². The fraction of sp³-hybridized carbons (Fsp3) is 0.308. The lowest BCUT2D eigenvalue weighted by molar-refractivity contribution is 0.0557. The van der Waals surface area contributed by atoms with Crippen molar-refractivity contribution >= 4 is 40.3 Å². The van der Waals surface area contributed by atoms with Crippen LogP contribution in [0.1, 0.15) is 21.5 Å². The summed E-state index contributed by atoms with van der Waals surface area (Å²) in [6.45, 7) is 1.92. The zero-order chi connectivity index (χ0) is 13.9. The number of hydrogen-bond donors (Lipinski definition) is 2. The second kappa shape index (κ2) is 6.09. The van der Waals surface area contributed by atoms with Gasteiger partial charge < -0.3 is 10.4 Å². The predicted molar refractivity (Wildman–Crippen MR) is 82.3 cm³/mol. The number of thioether (sulfide) groups is 1. The van der Waals surface area contributed by atoms with E-state index in [-0.39, 0.29) is 12.5 Å². The number of nitrogens with one attached hydrogen (secondary N) is 1. The van der Waals surface area contributed by atoms with E-state index in [1.165, 1.54) is 22.7 Å². The number of amides is 1. The molecule has 0 saturated heterocycles.